The van der Waals surface area contributed by atoms with E-state index in [0.717, 1.165) is 11.9 Å². The molecule has 72 valence electrons. The molecule has 0 atom stereocenters. The van der Waals surface area contributed by atoms with E-state index in [0.29, 0.717) is 6.54 Å². The molecule has 0 unspecified atom stereocenters. The molecule has 0 spiro atoms. The number of aryl methyl sites for hydroxylation is 1. The number of hydrogen-bond acceptors (Lipinski definition) is 2. The first-order chi connectivity index (χ1) is 6.81. The number of nitrogens with zero attached hydrogens (tertiary/aromatic N) is 1. The fourth-order valence-electron chi connectivity index (χ4n) is 1.76. The van der Waals surface area contributed by atoms with Gasteiger partial charge in [0.25, 0.3) is 0 Å². The van der Waals surface area contributed by atoms with Crippen LogP contribution in [0.25, 0.3) is 10.9 Å². The quantitative estimate of drug-likeness (QED) is 0.779. The highest BCUT2D eigenvalue weighted by Crippen LogP contribution is 2.18. The van der Waals surface area contributed by atoms with E-state index in [4.69, 9.17) is 5.73 Å². The SMILES string of the molecule is Cc1cc(CCN)cc2cccnc12. The third-order valence-electron chi connectivity index (χ3n) is 2.39. The second kappa shape index (κ2) is 3.76. The summed E-state index contributed by atoms with van der Waals surface area (Å²) in [5.41, 5.74) is 9.16. The number of fused-ring (bicyclic) bond motifs is 1. The largest absolute Gasteiger partial charge is 0.330 e. The molecule has 2 heteroatoms. The summed E-state index contributed by atoms with van der Waals surface area (Å²) < 4.78 is 0. The van der Waals surface area contributed by atoms with Gasteiger partial charge in [0, 0.05) is 11.6 Å². The predicted molar refractivity (Wildman–Crippen MR) is 59.2 cm³/mol. The number of nitrogens with two attached hydrogens (primary N) is 1. The summed E-state index contributed by atoms with van der Waals surface area (Å²) in [7, 11) is 0. The molecule has 2 nitrogen and oxygen atoms in total. The van der Waals surface area contributed by atoms with Gasteiger partial charge in [0.15, 0.2) is 0 Å². The first-order valence-electron chi connectivity index (χ1n) is 4.85. The van der Waals surface area contributed by atoms with Gasteiger partial charge in [-0.2, -0.15) is 0 Å². The Hall–Kier alpha value is -1.41. The number of aromatic nitrogens is 1. The molecule has 2 N–H and O–H groups in total. The van der Waals surface area contributed by atoms with Gasteiger partial charge in [0.2, 0.25) is 0 Å². The van der Waals surface area contributed by atoms with Gasteiger partial charge in [-0.15, -0.1) is 0 Å². The lowest BCUT2D eigenvalue weighted by Crippen LogP contribution is -2.03. The maximum Gasteiger partial charge on any atom is 0.0731 e. The lowest BCUT2D eigenvalue weighted by atomic mass is 10.0. The highest BCUT2D eigenvalue weighted by Gasteiger charge is 2.00. The van der Waals surface area contributed by atoms with Gasteiger partial charge in [-0.05, 0) is 43.1 Å². The lowest BCUT2D eigenvalue weighted by molar-refractivity contribution is 0.969. The summed E-state index contributed by atoms with van der Waals surface area (Å²) >= 11 is 0. The molecule has 1 aromatic carbocycles. The maximum atomic E-state index is 5.54. The second-order valence-corrected chi connectivity index (χ2v) is 3.53. The molecule has 1 heterocycles. The summed E-state index contributed by atoms with van der Waals surface area (Å²) in [6.07, 6.45) is 2.77. The predicted octanol–water partition coefficient (Wildman–Crippen LogP) is 2.04. The van der Waals surface area contributed by atoms with Gasteiger partial charge in [0.1, 0.15) is 0 Å². The average Bonchev–Trinajstić information content (AvgIpc) is 2.18. The first-order valence-corrected chi connectivity index (χ1v) is 4.85. The van der Waals surface area contributed by atoms with Crippen molar-refractivity contribution in [1.29, 1.82) is 0 Å². The van der Waals surface area contributed by atoms with Crippen molar-refractivity contribution in [2.24, 2.45) is 5.73 Å². The molecular weight excluding hydrogens is 172 g/mol. The molecule has 0 aliphatic rings. The van der Waals surface area contributed by atoms with Crippen LogP contribution in [-0.4, -0.2) is 11.5 Å². The third kappa shape index (κ3) is 1.61. The normalized spacial score (nSPS) is 10.7. The fraction of sp³-hybridized carbons (Fsp3) is 0.250. The molecule has 1 aromatic heterocycles. The van der Waals surface area contributed by atoms with Crippen molar-refractivity contribution < 1.29 is 0 Å². The van der Waals surface area contributed by atoms with Gasteiger partial charge in [0.05, 0.1) is 5.52 Å². The summed E-state index contributed by atoms with van der Waals surface area (Å²) in [5.74, 6) is 0. The number of hydrogen-bond donors (Lipinski definition) is 1. The highest BCUT2D eigenvalue weighted by atomic mass is 14.6. The minimum atomic E-state index is 0.700. The van der Waals surface area contributed by atoms with E-state index in [-0.39, 0.29) is 0 Å². The van der Waals surface area contributed by atoms with Crippen LogP contribution >= 0.6 is 0 Å². The molecule has 0 aliphatic heterocycles. The van der Waals surface area contributed by atoms with Crippen LogP contribution in [0.15, 0.2) is 30.5 Å². The number of benzene rings is 1. The van der Waals surface area contributed by atoms with Crippen molar-refractivity contribution >= 4 is 10.9 Å². The Bertz CT molecular complexity index is 449. The van der Waals surface area contributed by atoms with E-state index < -0.39 is 0 Å². The Labute approximate surface area is 83.8 Å². The molecule has 2 rings (SSSR count). The van der Waals surface area contributed by atoms with Gasteiger partial charge < -0.3 is 5.73 Å². The zero-order valence-electron chi connectivity index (χ0n) is 8.33. The van der Waals surface area contributed by atoms with E-state index >= 15 is 0 Å². The van der Waals surface area contributed by atoms with E-state index in [1.165, 1.54) is 16.5 Å². The summed E-state index contributed by atoms with van der Waals surface area (Å²) in [6, 6.07) is 8.40. The molecule has 0 aliphatic carbocycles. The first kappa shape index (κ1) is 9.16. The van der Waals surface area contributed by atoms with Crippen molar-refractivity contribution in [3.8, 4) is 0 Å². The summed E-state index contributed by atoms with van der Waals surface area (Å²) in [6.45, 7) is 2.79. The van der Waals surface area contributed by atoms with E-state index in [1.807, 2.05) is 12.3 Å². The molecule has 14 heavy (non-hydrogen) atoms. The molecule has 2 aromatic rings. The minimum absolute atomic E-state index is 0.700. The standard InChI is InChI=1S/C12H14N2/c1-9-7-10(4-5-13)8-11-3-2-6-14-12(9)11/h2-3,6-8H,4-5,13H2,1H3. The minimum Gasteiger partial charge on any atom is -0.330 e. The molecule has 0 bridgehead atoms. The smallest absolute Gasteiger partial charge is 0.0731 e. The van der Waals surface area contributed by atoms with E-state index in [2.05, 4.69) is 30.1 Å². The van der Waals surface area contributed by atoms with Crippen LogP contribution < -0.4 is 5.73 Å². The molecule has 0 saturated carbocycles. The van der Waals surface area contributed by atoms with Gasteiger partial charge in [-0.1, -0.05) is 12.1 Å². The van der Waals surface area contributed by atoms with Gasteiger partial charge in [-0.3, -0.25) is 4.98 Å². The second-order valence-electron chi connectivity index (χ2n) is 3.53. The summed E-state index contributed by atoms with van der Waals surface area (Å²) in [4.78, 5) is 4.35. The Morgan fingerprint density at radius 3 is 3.00 bits per heavy atom. The van der Waals surface area contributed by atoms with Crippen LogP contribution in [0.3, 0.4) is 0 Å². The Morgan fingerprint density at radius 2 is 2.21 bits per heavy atom. The van der Waals surface area contributed by atoms with Crippen molar-refractivity contribution in [3.05, 3.63) is 41.6 Å². The maximum absolute atomic E-state index is 5.54. The van der Waals surface area contributed by atoms with Crippen LogP contribution in [0.4, 0.5) is 0 Å². The molecule has 0 fully saturated rings. The average molecular weight is 186 g/mol. The zero-order valence-corrected chi connectivity index (χ0v) is 8.33. The molecule has 0 saturated heterocycles. The molecule has 0 amide bonds. The van der Waals surface area contributed by atoms with Crippen LogP contribution in [0.5, 0.6) is 0 Å². The third-order valence-corrected chi connectivity index (χ3v) is 2.39. The van der Waals surface area contributed by atoms with Crippen LogP contribution in [0.1, 0.15) is 11.1 Å². The van der Waals surface area contributed by atoms with E-state index in [1.54, 1.807) is 0 Å². The Morgan fingerprint density at radius 1 is 1.36 bits per heavy atom. The van der Waals surface area contributed by atoms with Crippen LogP contribution in [0, 0.1) is 6.92 Å². The van der Waals surface area contributed by atoms with E-state index in [9.17, 15) is 0 Å². The van der Waals surface area contributed by atoms with Crippen molar-refractivity contribution in [1.82, 2.24) is 4.98 Å². The van der Waals surface area contributed by atoms with Gasteiger partial charge >= 0.3 is 0 Å². The van der Waals surface area contributed by atoms with Crippen molar-refractivity contribution in [3.63, 3.8) is 0 Å². The van der Waals surface area contributed by atoms with Crippen molar-refractivity contribution in [2.75, 3.05) is 6.54 Å². The Kier molecular flexibility index (Phi) is 2.46. The molecule has 0 radical (unpaired) electrons. The lowest BCUT2D eigenvalue weighted by Gasteiger charge is -2.04. The zero-order chi connectivity index (χ0) is 9.97. The van der Waals surface area contributed by atoms with Crippen molar-refractivity contribution in [2.45, 2.75) is 13.3 Å². The molecular formula is C12H14N2. The van der Waals surface area contributed by atoms with Crippen LogP contribution in [0.2, 0.25) is 0 Å². The summed E-state index contributed by atoms with van der Waals surface area (Å²) in [5, 5.41) is 1.20. The fourth-order valence-corrected chi connectivity index (χ4v) is 1.76. The number of rotatable bonds is 2. The monoisotopic (exact) mass is 186 g/mol. The Balaban J connectivity index is 2.60. The highest BCUT2D eigenvalue weighted by molar-refractivity contribution is 5.82. The number of pyridine rings is 1. The van der Waals surface area contributed by atoms with Gasteiger partial charge in [-0.25, -0.2) is 0 Å². The topological polar surface area (TPSA) is 38.9 Å². The van der Waals surface area contributed by atoms with Crippen LogP contribution in [-0.2, 0) is 6.42 Å².